The van der Waals surface area contributed by atoms with Gasteiger partial charge in [0.2, 0.25) is 5.91 Å². The molecule has 2 aliphatic rings. The first-order valence-electron chi connectivity index (χ1n) is 12.4. The average molecular weight is 513 g/mol. The van der Waals surface area contributed by atoms with Gasteiger partial charge in [0.05, 0.1) is 36.4 Å². The number of phenolic OH excluding ortho intramolecular Hbond substituents is 2. The van der Waals surface area contributed by atoms with Crippen LogP contribution in [0.25, 0.3) is 10.9 Å². The second-order valence-electron chi connectivity index (χ2n) is 11.3. The van der Waals surface area contributed by atoms with E-state index in [1.165, 1.54) is 18.2 Å². The normalized spacial score (nSPS) is 20.3. The van der Waals surface area contributed by atoms with E-state index in [0.29, 0.717) is 37.1 Å². The number of carbonyl (C=O) groups excluding carboxylic acids is 1. The van der Waals surface area contributed by atoms with Crippen molar-refractivity contribution in [3.8, 4) is 11.5 Å². The summed E-state index contributed by atoms with van der Waals surface area (Å²) in [6.07, 6.45) is 0.869. The van der Waals surface area contributed by atoms with Crippen LogP contribution in [0.3, 0.4) is 0 Å². The monoisotopic (exact) mass is 512 g/mol. The Bertz CT molecular complexity index is 1370. The van der Waals surface area contributed by atoms with E-state index in [9.17, 15) is 20.1 Å². The number of nitrogens with zero attached hydrogens (tertiary/aromatic N) is 1. The zero-order chi connectivity index (χ0) is 26.8. The molecule has 1 amide bonds. The maximum Gasteiger partial charge on any atom is 0.235 e. The van der Waals surface area contributed by atoms with Crippen LogP contribution in [0.4, 0.5) is 10.1 Å². The van der Waals surface area contributed by atoms with Crippen LogP contribution in [0.2, 0.25) is 0 Å². The molecule has 5 rings (SSSR count). The van der Waals surface area contributed by atoms with Gasteiger partial charge < -0.3 is 34.7 Å². The number of amides is 1. The number of fused-ring (bicyclic) bond motifs is 1. The number of halogens is 1. The molecule has 1 unspecified atom stereocenters. The van der Waals surface area contributed by atoms with Gasteiger partial charge in [0.25, 0.3) is 0 Å². The molecule has 1 saturated carbocycles. The Labute approximate surface area is 214 Å². The van der Waals surface area contributed by atoms with Gasteiger partial charge >= 0.3 is 0 Å². The lowest BCUT2D eigenvalue weighted by Crippen LogP contribution is -2.30. The lowest BCUT2D eigenvalue weighted by Gasteiger charge is -2.26. The summed E-state index contributed by atoms with van der Waals surface area (Å²) in [6.45, 7) is 8.24. The van der Waals surface area contributed by atoms with Gasteiger partial charge in [0.15, 0.2) is 17.3 Å². The number of ether oxygens (including phenoxy) is 2. The highest BCUT2D eigenvalue weighted by atomic mass is 19.1. The van der Waals surface area contributed by atoms with Crippen molar-refractivity contribution in [1.29, 1.82) is 0 Å². The van der Waals surface area contributed by atoms with Crippen molar-refractivity contribution in [2.75, 3.05) is 18.5 Å². The molecule has 4 N–H and O–H groups in total. The third-order valence-electron chi connectivity index (χ3n) is 7.49. The van der Waals surface area contributed by atoms with E-state index in [0.717, 1.165) is 11.1 Å². The number of aliphatic hydroxyl groups is 1. The largest absolute Gasteiger partial charge is 0.504 e. The van der Waals surface area contributed by atoms with Gasteiger partial charge in [-0.05, 0) is 56.5 Å². The van der Waals surface area contributed by atoms with Crippen LogP contribution in [0.5, 0.6) is 11.5 Å². The van der Waals surface area contributed by atoms with Gasteiger partial charge in [-0.25, -0.2) is 4.39 Å². The predicted molar refractivity (Wildman–Crippen MR) is 136 cm³/mol. The minimum Gasteiger partial charge on any atom is -0.504 e. The van der Waals surface area contributed by atoms with Crippen LogP contribution >= 0.6 is 0 Å². The van der Waals surface area contributed by atoms with Crippen molar-refractivity contribution in [3.05, 3.63) is 53.5 Å². The lowest BCUT2D eigenvalue weighted by atomic mass is 9.90. The van der Waals surface area contributed by atoms with Crippen molar-refractivity contribution < 1.29 is 34.0 Å². The average Bonchev–Trinajstić information content (AvgIpc) is 3.48. The molecule has 2 heterocycles. The Morgan fingerprint density at radius 2 is 1.89 bits per heavy atom. The van der Waals surface area contributed by atoms with Crippen molar-refractivity contribution in [2.45, 2.75) is 69.8 Å². The van der Waals surface area contributed by atoms with E-state index in [4.69, 9.17) is 9.47 Å². The number of anilines is 1. The molecule has 2 aromatic carbocycles. The van der Waals surface area contributed by atoms with E-state index in [2.05, 4.69) is 5.32 Å². The molecule has 8 nitrogen and oxygen atoms in total. The molecule has 1 atom stereocenters. The zero-order valence-electron chi connectivity index (χ0n) is 21.5. The van der Waals surface area contributed by atoms with Crippen LogP contribution in [-0.2, 0) is 31.6 Å². The van der Waals surface area contributed by atoms with Crippen molar-refractivity contribution >= 4 is 22.5 Å². The molecule has 3 aromatic rings. The Kier molecular flexibility index (Phi) is 6.01. The molecule has 1 saturated heterocycles. The Hall–Kier alpha value is -3.14. The minimum atomic E-state index is -0.880. The highest BCUT2D eigenvalue weighted by Crippen LogP contribution is 2.50. The summed E-state index contributed by atoms with van der Waals surface area (Å²) in [5.41, 5.74) is 0.590. The van der Waals surface area contributed by atoms with E-state index in [1.54, 1.807) is 12.1 Å². The number of nitrogens with one attached hydrogen (secondary N) is 1. The molecule has 1 aliphatic heterocycles. The fraction of sp³-hybridized carbons (Fsp3) is 0.464. The number of benzene rings is 2. The summed E-state index contributed by atoms with van der Waals surface area (Å²) in [5, 5.41) is 33.1. The molecule has 0 radical (unpaired) electrons. The number of phenols is 2. The number of aliphatic hydroxyl groups excluding tert-OH is 1. The number of carbonyl (C=O) groups is 1. The number of rotatable bonds is 7. The maximum atomic E-state index is 15.4. The van der Waals surface area contributed by atoms with Crippen molar-refractivity contribution in [2.24, 2.45) is 0 Å². The van der Waals surface area contributed by atoms with Gasteiger partial charge in [-0.3, -0.25) is 4.79 Å². The molecule has 2 fully saturated rings. The fourth-order valence-electron chi connectivity index (χ4n) is 5.11. The Morgan fingerprint density at radius 3 is 2.49 bits per heavy atom. The molecule has 0 bridgehead atoms. The second-order valence-corrected chi connectivity index (χ2v) is 11.3. The van der Waals surface area contributed by atoms with E-state index in [-0.39, 0.29) is 35.8 Å². The predicted octanol–water partition coefficient (Wildman–Crippen LogP) is 4.28. The quantitative estimate of drug-likeness (QED) is 0.352. The van der Waals surface area contributed by atoms with E-state index in [1.807, 2.05) is 38.3 Å². The zero-order valence-corrected chi connectivity index (χ0v) is 21.5. The van der Waals surface area contributed by atoms with Gasteiger partial charge in [-0.15, -0.1) is 0 Å². The van der Waals surface area contributed by atoms with Gasteiger partial charge in [0, 0.05) is 22.6 Å². The summed E-state index contributed by atoms with van der Waals surface area (Å²) in [4.78, 5) is 13.3. The SMILES string of the molecule is CC1(C)OCC(Cn2c(C(C)(C)CO)cc3cc(NC(=O)C4(c5ccc(O)c(O)c5)CC4)c(F)cc32)O1. The van der Waals surface area contributed by atoms with Crippen LogP contribution < -0.4 is 5.32 Å². The van der Waals surface area contributed by atoms with Gasteiger partial charge in [-0.2, -0.15) is 0 Å². The summed E-state index contributed by atoms with van der Waals surface area (Å²) in [6, 6.07) is 9.23. The topological polar surface area (TPSA) is 113 Å². The molecular formula is C28H33FN2O6. The second kappa shape index (κ2) is 8.72. The third kappa shape index (κ3) is 4.56. The van der Waals surface area contributed by atoms with Crippen LogP contribution in [0, 0.1) is 5.82 Å². The van der Waals surface area contributed by atoms with Crippen molar-refractivity contribution in [3.63, 3.8) is 0 Å². The first-order chi connectivity index (χ1) is 17.3. The molecule has 1 aromatic heterocycles. The summed E-state index contributed by atoms with van der Waals surface area (Å²) < 4.78 is 29.1. The fourth-order valence-corrected chi connectivity index (χ4v) is 5.11. The minimum absolute atomic E-state index is 0.0545. The number of hydrogen-bond acceptors (Lipinski definition) is 6. The summed E-state index contributed by atoms with van der Waals surface area (Å²) in [7, 11) is 0. The summed E-state index contributed by atoms with van der Waals surface area (Å²) in [5.74, 6) is -2.22. The van der Waals surface area contributed by atoms with Crippen LogP contribution in [0.15, 0.2) is 36.4 Å². The van der Waals surface area contributed by atoms with Crippen LogP contribution in [0.1, 0.15) is 51.8 Å². The summed E-state index contributed by atoms with van der Waals surface area (Å²) >= 11 is 0. The molecule has 37 heavy (non-hydrogen) atoms. The van der Waals surface area contributed by atoms with Crippen LogP contribution in [-0.4, -0.2) is 50.9 Å². The van der Waals surface area contributed by atoms with E-state index < -0.39 is 22.4 Å². The highest BCUT2D eigenvalue weighted by molar-refractivity contribution is 6.02. The molecule has 9 heteroatoms. The van der Waals surface area contributed by atoms with Crippen molar-refractivity contribution in [1.82, 2.24) is 4.57 Å². The Balaban J connectivity index is 1.48. The number of hydrogen-bond donors (Lipinski definition) is 4. The Morgan fingerprint density at radius 1 is 1.16 bits per heavy atom. The molecule has 1 aliphatic carbocycles. The third-order valence-corrected chi connectivity index (χ3v) is 7.49. The number of aromatic nitrogens is 1. The first kappa shape index (κ1) is 25.5. The molecular weight excluding hydrogens is 479 g/mol. The maximum absolute atomic E-state index is 15.4. The van der Waals surface area contributed by atoms with Gasteiger partial charge in [0.1, 0.15) is 11.9 Å². The lowest BCUT2D eigenvalue weighted by molar-refractivity contribution is -0.139. The first-order valence-corrected chi connectivity index (χ1v) is 12.4. The van der Waals surface area contributed by atoms with Gasteiger partial charge in [-0.1, -0.05) is 19.9 Å². The highest BCUT2D eigenvalue weighted by Gasteiger charge is 2.51. The standard InChI is InChI=1S/C28H33FN2O6/c1-26(2,15-32)24-10-16-9-20(19(29)12-21(16)31(24)13-18-14-36-27(3,4)37-18)30-25(35)28(7-8-28)17-5-6-22(33)23(34)11-17/h5-6,9-12,18,32-34H,7-8,13-15H2,1-4H3,(H,30,35). The van der Waals surface area contributed by atoms with E-state index >= 15 is 4.39 Å². The molecule has 198 valence electrons. The molecule has 0 spiro atoms. The smallest absolute Gasteiger partial charge is 0.235 e. The number of aromatic hydroxyl groups is 2.